The Kier molecular flexibility index (Phi) is 5.46. The molecular formula is C12H18BrNO2S. The van der Waals surface area contributed by atoms with Crippen LogP contribution in [-0.2, 0) is 9.84 Å². The fourth-order valence-corrected chi connectivity index (χ4v) is 2.93. The van der Waals surface area contributed by atoms with Crippen LogP contribution in [0.25, 0.3) is 0 Å². The number of rotatable bonds is 6. The van der Waals surface area contributed by atoms with Crippen molar-refractivity contribution in [1.29, 1.82) is 0 Å². The van der Waals surface area contributed by atoms with Crippen molar-refractivity contribution in [2.24, 2.45) is 0 Å². The number of anilines is 1. The number of sulfone groups is 1. The molecule has 0 aliphatic carbocycles. The predicted octanol–water partition coefficient (Wildman–Crippen LogP) is 2.99. The Bertz CT molecular complexity index is 471. The fraction of sp³-hybridized carbons (Fsp3) is 0.500. The second kappa shape index (κ2) is 6.40. The van der Waals surface area contributed by atoms with Crippen LogP contribution in [0.4, 0.5) is 5.69 Å². The maximum Gasteiger partial charge on any atom is 0.150 e. The van der Waals surface area contributed by atoms with Crippen LogP contribution >= 0.6 is 15.9 Å². The molecule has 5 heteroatoms. The second-order valence-electron chi connectivity index (χ2n) is 4.00. The monoisotopic (exact) mass is 319 g/mol. The van der Waals surface area contributed by atoms with E-state index in [1.807, 2.05) is 25.1 Å². The summed E-state index contributed by atoms with van der Waals surface area (Å²) in [4.78, 5) is 0. The first-order valence-electron chi connectivity index (χ1n) is 5.65. The van der Waals surface area contributed by atoms with Crippen molar-refractivity contribution in [2.75, 3.05) is 23.4 Å². The fourth-order valence-electron chi connectivity index (χ4n) is 1.42. The van der Waals surface area contributed by atoms with Crippen molar-refractivity contribution in [2.45, 2.75) is 20.3 Å². The van der Waals surface area contributed by atoms with Crippen molar-refractivity contribution in [3.63, 3.8) is 0 Å². The van der Waals surface area contributed by atoms with Crippen molar-refractivity contribution in [1.82, 2.24) is 0 Å². The molecule has 0 aliphatic rings. The molecule has 0 spiro atoms. The van der Waals surface area contributed by atoms with E-state index in [4.69, 9.17) is 0 Å². The van der Waals surface area contributed by atoms with Gasteiger partial charge in [-0.1, -0.05) is 13.0 Å². The highest BCUT2D eigenvalue weighted by Crippen LogP contribution is 2.23. The number of hydrogen-bond donors (Lipinski definition) is 1. The van der Waals surface area contributed by atoms with Crippen LogP contribution in [0.5, 0.6) is 0 Å². The van der Waals surface area contributed by atoms with E-state index in [1.54, 1.807) is 6.92 Å². The summed E-state index contributed by atoms with van der Waals surface area (Å²) < 4.78 is 23.6. The van der Waals surface area contributed by atoms with Gasteiger partial charge in [0.2, 0.25) is 0 Å². The average molecular weight is 320 g/mol. The molecule has 1 N–H and O–H groups in total. The topological polar surface area (TPSA) is 46.2 Å². The zero-order chi connectivity index (χ0) is 12.9. The van der Waals surface area contributed by atoms with Crippen molar-refractivity contribution in [3.05, 3.63) is 28.2 Å². The van der Waals surface area contributed by atoms with Gasteiger partial charge in [0.25, 0.3) is 0 Å². The lowest BCUT2D eigenvalue weighted by Crippen LogP contribution is -2.13. The third-order valence-corrected chi connectivity index (χ3v) is 4.96. The molecule has 0 bridgehead atoms. The molecule has 96 valence electrons. The summed E-state index contributed by atoms with van der Waals surface area (Å²) in [7, 11) is -2.84. The lowest BCUT2D eigenvalue weighted by molar-refractivity contribution is 0.595. The van der Waals surface area contributed by atoms with Crippen LogP contribution in [-0.4, -0.2) is 26.5 Å². The summed E-state index contributed by atoms with van der Waals surface area (Å²) in [5, 5.41) is 3.23. The standard InChI is InChI=1S/C12H18BrNO2S/c1-3-17(15,16)8-4-7-14-12-6-5-10(2)9-11(12)13/h5-6,9,14H,3-4,7-8H2,1-2H3. The van der Waals surface area contributed by atoms with Gasteiger partial charge in [-0.3, -0.25) is 0 Å². The summed E-state index contributed by atoms with van der Waals surface area (Å²) in [6.45, 7) is 4.38. The summed E-state index contributed by atoms with van der Waals surface area (Å²) in [5.41, 5.74) is 2.19. The molecule has 0 saturated heterocycles. The highest BCUT2D eigenvalue weighted by Gasteiger charge is 2.06. The largest absolute Gasteiger partial charge is 0.384 e. The third kappa shape index (κ3) is 5.08. The van der Waals surface area contributed by atoms with E-state index in [0.29, 0.717) is 13.0 Å². The van der Waals surface area contributed by atoms with Gasteiger partial charge < -0.3 is 5.32 Å². The summed E-state index contributed by atoms with van der Waals surface area (Å²) in [6.07, 6.45) is 0.635. The van der Waals surface area contributed by atoms with Gasteiger partial charge in [0.05, 0.1) is 5.75 Å². The van der Waals surface area contributed by atoms with Crippen LogP contribution in [0.2, 0.25) is 0 Å². The molecule has 0 atom stereocenters. The van der Waals surface area contributed by atoms with E-state index >= 15 is 0 Å². The van der Waals surface area contributed by atoms with Gasteiger partial charge in [0.1, 0.15) is 9.84 Å². The molecule has 0 fully saturated rings. The Balaban J connectivity index is 2.41. The van der Waals surface area contributed by atoms with Gasteiger partial charge >= 0.3 is 0 Å². The number of nitrogens with one attached hydrogen (secondary N) is 1. The molecule has 17 heavy (non-hydrogen) atoms. The molecule has 3 nitrogen and oxygen atoms in total. The molecule has 0 heterocycles. The second-order valence-corrected chi connectivity index (χ2v) is 7.33. The van der Waals surface area contributed by atoms with E-state index in [0.717, 1.165) is 10.2 Å². The normalized spacial score (nSPS) is 11.5. The molecular weight excluding hydrogens is 302 g/mol. The van der Waals surface area contributed by atoms with Gasteiger partial charge in [-0.15, -0.1) is 0 Å². The van der Waals surface area contributed by atoms with Crippen LogP contribution in [0, 0.1) is 6.92 Å². The SMILES string of the molecule is CCS(=O)(=O)CCCNc1ccc(C)cc1Br. The maximum atomic E-state index is 11.3. The van der Waals surface area contributed by atoms with Crippen LogP contribution in [0.1, 0.15) is 18.9 Å². The molecule has 1 aromatic rings. The Morgan fingerprint density at radius 1 is 1.35 bits per heavy atom. The molecule has 0 unspecified atom stereocenters. The highest BCUT2D eigenvalue weighted by atomic mass is 79.9. The number of aryl methyl sites for hydroxylation is 1. The van der Waals surface area contributed by atoms with Crippen molar-refractivity contribution >= 4 is 31.5 Å². The van der Waals surface area contributed by atoms with Gasteiger partial charge in [0.15, 0.2) is 0 Å². The molecule has 1 rings (SSSR count). The highest BCUT2D eigenvalue weighted by molar-refractivity contribution is 9.10. The number of benzene rings is 1. The summed E-state index contributed by atoms with van der Waals surface area (Å²) in [5.74, 6) is 0.473. The Labute approximate surface area is 112 Å². The lowest BCUT2D eigenvalue weighted by Gasteiger charge is -2.09. The van der Waals surface area contributed by atoms with Crippen LogP contribution in [0.15, 0.2) is 22.7 Å². The van der Waals surface area contributed by atoms with E-state index in [2.05, 4.69) is 21.2 Å². The van der Waals surface area contributed by atoms with Crippen molar-refractivity contribution < 1.29 is 8.42 Å². The molecule has 0 aliphatic heterocycles. The minimum absolute atomic E-state index is 0.223. The van der Waals surface area contributed by atoms with Gasteiger partial charge in [-0.25, -0.2) is 8.42 Å². The van der Waals surface area contributed by atoms with Gasteiger partial charge in [0, 0.05) is 22.5 Å². The Morgan fingerprint density at radius 2 is 2.06 bits per heavy atom. The molecule has 1 aromatic carbocycles. The third-order valence-electron chi connectivity index (χ3n) is 2.51. The predicted molar refractivity (Wildman–Crippen MR) is 76.3 cm³/mol. The zero-order valence-electron chi connectivity index (χ0n) is 10.2. The zero-order valence-corrected chi connectivity index (χ0v) is 12.6. The molecule has 0 saturated carbocycles. The van der Waals surface area contributed by atoms with Gasteiger partial charge in [-0.05, 0) is 47.0 Å². The van der Waals surface area contributed by atoms with Crippen LogP contribution in [0.3, 0.4) is 0 Å². The summed E-state index contributed by atoms with van der Waals surface area (Å²) in [6, 6.07) is 6.05. The minimum atomic E-state index is -2.84. The van der Waals surface area contributed by atoms with E-state index in [9.17, 15) is 8.42 Å². The first-order valence-corrected chi connectivity index (χ1v) is 8.26. The van der Waals surface area contributed by atoms with Gasteiger partial charge in [-0.2, -0.15) is 0 Å². The van der Waals surface area contributed by atoms with E-state index in [1.165, 1.54) is 5.56 Å². The first-order chi connectivity index (χ1) is 7.94. The first kappa shape index (κ1) is 14.5. The Hall–Kier alpha value is -0.550. The average Bonchev–Trinajstić information content (AvgIpc) is 2.27. The molecule has 0 aromatic heterocycles. The lowest BCUT2D eigenvalue weighted by atomic mass is 10.2. The molecule has 0 amide bonds. The number of hydrogen-bond acceptors (Lipinski definition) is 3. The Morgan fingerprint density at radius 3 is 2.65 bits per heavy atom. The minimum Gasteiger partial charge on any atom is -0.384 e. The maximum absolute atomic E-state index is 11.3. The molecule has 0 radical (unpaired) electrons. The van der Waals surface area contributed by atoms with Crippen molar-refractivity contribution in [3.8, 4) is 0 Å². The quantitative estimate of drug-likeness (QED) is 0.820. The number of halogens is 1. The van der Waals surface area contributed by atoms with Crippen LogP contribution < -0.4 is 5.32 Å². The van der Waals surface area contributed by atoms with E-state index in [-0.39, 0.29) is 11.5 Å². The smallest absolute Gasteiger partial charge is 0.150 e. The van der Waals surface area contributed by atoms with E-state index < -0.39 is 9.84 Å². The summed E-state index contributed by atoms with van der Waals surface area (Å²) >= 11 is 3.47.